The molecular formula is C37H74O4. The third-order valence-corrected chi connectivity index (χ3v) is 9.32. The number of ether oxygens (including phenoxy) is 1. The summed E-state index contributed by atoms with van der Waals surface area (Å²) in [5.74, 6) is 0.251. The first-order valence-electron chi connectivity index (χ1n) is 18.5. The average Bonchev–Trinajstić information content (AvgIpc) is 2.98. The second-order valence-electron chi connectivity index (χ2n) is 13.1. The molecule has 0 radical (unpaired) electrons. The van der Waals surface area contributed by atoms with Crippen LogP contribution in [0.5, 0.6) is 0 Å². The first kappa shape index (κ1) is 40.4. The maximum absolute atomic E-state index is 14.0. The molecule has 0 fully saturated rings. The molecule has 4 heteroatoms. The van der Waals surface area contributed by atoms with Crippen LogP contribution in [0.15, 0.2) is 0 Å². The summed E-state index contributed by atoms with van der Waals surface area (Å²) < 4.78 is 5.84. The molecule has 0 aromatic carbocycles. The van der Waals surface area contributed by atoms with Gasteiger partial charge in [-0.2, -0.15) is 0 Å². The van der Waals surface area contributed by atoms with Gasteiger partial charge in [-0.1, -0.05) is 175 Å². The molecular weight excluding hydrogens is 508 g/mol. The summed E-state index contributed by atoms with van der Waals surface area (Å²) >= 11 is 0. The Kier molecular flexibility index (Phi) is 29.0. The maximum Gasteiger partial charge on any atom is 0.312 e. The van der Waals surface area contributed by atoms with Gasteiger partial charge in [0.1, 0.15) is 12.7 Å². The van der Waals surface area contributed by atoms with Gasteiger partial charge < -0.3 is 14.9 Å². The Morgan fingerprint density at radius 2 is 0.902 bits per heavy atom. The van der Waals surface area contributed by atoms with Crippen LogP contribution in [0.25, 0.3) is 0 Å². The molecule has 4 nitrogen and oxygen atoms in total. The van der Waals surface area contributed by atoms with Gasteiger partial charge in [-0.15, -0.1) is 0 Å². The van der Waals surface area contributed by atoms with Crippen LogP contribution in [-0.4, -0.2) is 35.5 Å². The molecule has 2 N–H and O–H groups in total. The summed E-state index contributed by atoms with van der Waals surface area (Å²) in [6.45, 7) is 8.56. The van der Waals surface area contributed by atoms with Crippen LogP contribution in [0.1, 0.15) is 201 Å². The van der Waals surface area contributed by atoms with Crippen LogP contribution in [0.4, 0.5) is 0 Å². The Morgan fingerprint density at radius 3 is 1.29 bits per heavy atom. The second-order valence-corrected chi connectivity index (χ2v) is 13.1. The Bertz CT molecular complexity index is 537. The fraction of sp³-hybridized carbons (Fsp3) is 0.973. The van der Waals surface area contributed by atoms with E-state index in [1.165, 1.54) is 135 Å². The van der Waals surface area contributed by atoms with E-state index in [0.717, 1.165) is 38.5 Å². The fourth-order valence-electron chi connectivity index (χ4n) is 6.58. The van der Waals surface area contributed by atoms with Gasteiger partial charge in [0, 0.05) is 0 Å². The van der Waals surface area contributed by atoms with Gasteiger partial charge >= 0.3 is 5.97 Å². The summed E-state index contributed by atoms with van der Waals surface area (Å²) in [5, 5.41) is 19.3. The lowest BCUT2D eigenvalue weighted by Crippen LogP contribution is -2.42. The van der Waals surface area contributed by atoms with E-state index in [4.69, 9.17) is 4.74 Å². The minimum absolute atomic E-state index is 0.0952. The number of hydrogen-bond donors (Lipinski definition) is 2. The Morgan fingerprint density at radius 1 is 0.561 bits per heavy atom. The van der Waals surface area contributed by atoms with Crippen LogP contribution in [0.2, 0.25) is 0 Å². The van der Waals surface area contributed by atoms with E-state index >= 15 is 0 Å². The fourth-order valence-corrected chi connectivity index (χ4v) is 6.58. The largest absolute Gasteiger partial charge is 0.462 e. The van der Waals surface area contributed by atoms with Crippen molar-refractivity contribution in [2.45, 2.75) is 207 Å². The van der Waals surface area contributed by atoms with E-state index in [1.54, 1.807) is 0 Å². The first-order chi connectivity index (χ1) is 20.0. The van der Waals surface area contributed by atoms with Crippen LogP contribution in [0, 0.1) is 11.3 Å². The number of aliphatic hydroxyl groups excluding tert-OH is 2. The molecule has 0 saturated heterocycles. The molecule has 0 amide bonds. The number of carbonyl (C=O) groups excluding carboxylic acids is 1. The summed E-state index contributed by atoms with van der Waals surface area (Å²) in [5.41, 5.74) is -0.457. The molecule has 0 bridgehead atoms. The zero-order valence-corrected chi connectivity index (χ0v) is 28.4. The normalized spacial score (nSPS) is 13.4. The lowest BCUT2D eigenvalue weighted by molar-refractivity contribution is -0.166. The monoisotopic (exact) mass is 583 g/mol. The first-order valence-corrected chi connectivity index (χ1v) is 18.5. The number of rotatable bonds is 32. The van der Waals surface area contributed by atoms with Crippen LogP contribution in [-0.2, 0) is 9.53 Å². The number of esters is 1. The van der Waals surface area contributed by atoms with E-state index in [0.29, 0.717) is 5.92 Å². The third kappa shape index (κ3) is 20.9. The van der Waals surface area contributed by atoms with Crippen molar-refractivity contribution in [3.63, 3.8) is 0 Å². The molecule has 0 spiro atoms. The Balaban J connectivity index is 5.48. The van der Waals surface area contributed by atoms with Crippen LogP contribution < -0.4 is 0 Å². The van der Waals surface area contributed by atoms with Crippen molar-refractivity contribution in [3.05, 3.63) is 0 Å². The quantitative estimate of drug-likeness (QED) is 0.0611. The van der Waals surface area contributed by atoms with Crippen molar-refractivity contribution in [2.75, 3.05) is 13.2 Å². The maximum atomic E-state index is 14.0. The molecule has 0 aromatic heterocycles. The van der Waals surface area contributed by atoms with Gasteiger partial charge in [-0.05, 0) is 31.6 Å². The number of aliphatic hydroxyl groups is 2. The smallest absolute Gasteiger partial charge is 0.312 e. The highest BCUT2D eigenvalue weighted by Gasteiger charge is 2.45. The van der Waals surface area contributed by atoms with Crippen molar-refractivity contribution >= 4 is 5.97 Å². The molecule has 0 aromatic rings. The van der Waals surface area contributed by atoms with E-state index < -0.39 is 11.5 Å². The van der Waals surface area contributed by atoms with Crippen molar-refractivity contribution in [3.8, 4) is 0 Å². The van der Waals surface area contributed by atoms with E-state index in [-0.39, 0.29) is 19.2 Å². The number of carbonyl (C=O) groups is 1. The molecule has 0 aliphatic heterocycles. The summed E-state index contributed by atoms with van der Waals surface area (Å²) in [7, 11) is 0. The second kappa shape index (κ2) is 29.5. The molecule has 0 aliphatic carbocycles. The highest BCUT2D eigenvalue weighted by Crippen LogP contribution is 2.46. The highest BCUT2D eigenvalue weighted by atomic mass is 16.5. The zero-order chi connectivity index (χ0) is 30.4. The predicted octanol–water partition coefficient (Wildman–Crippen LogP) is 11.1. The lowest BCUT2D eigenvalue weighted by Gasteiger charge is -2.40. The van der Waals surface area contributed by atoms with Crippen LogP contribution in [0.3, 0.4) is 0 Å². The standard InChI is InChI=1S/C37H74O4/c1-5-9-13-17-18-19-20-21-22-23-25-29-34(28-24-14-10-6-2)37(30-26-15-11-7-3,31-27-16-12-8-4)36(40)41-33-35(39)32-38/h34-35,38-39H,5-33H2,1-4H3. The van der Waals surface area contributed by atoms with Crippen LogP contribution >= 0.6 is 0 Å². The average molecular weight is 583 g/mol. The van der Waals surface area contributed by atoms with Gasteiger partial charge in [0.05, 0.1) is 12.0 Å². The number of unbranched alkanes of at least 4 members (excludes halogenated alkanes) is 19. The summed E-state index contributed by atoms with van der Waals surface area (Å²) in [6, 6.07) is 0. The van der Waals surface area contributed by atoms with Gasteiger partial charge in [-0.3, -0.25) is 4.79 Å². The van der Waals surface area contributed by atoms with Crippen molar-refractivity contribution < 1.29 is 19.7 Å². The molecule has 2 unspecified atom stereocenters. The van der Waals surface area contributed by atoms with E-state index in [9.17, 15) is 15.0 Å². The minimum Gasteiger partial charge on any atom is -0.462 e. The van der Waals surface area contributed by atoms with Gasteiger partial charge in [0.25, 0.3) is 0 Å². The molecule has 0 rings (SSSR count). The van der Waals surface area contributed by atoms with Crippen molar-refractivity contribution in [2.24, 2.45) is 11.3 Å². The zero-order valence-electron chi connectivity index (χ0n) is 28.4. The van der Waals surface area contributed by atoms with Gasteiger partial charge in [0.15, 0.2) is 0 Å². The molecule has 0 aliphatic rings. The molecule has 246 valence electrons. The van der Waals surface area contributed by atoms with E-state index in [2.05, 4.69) is 27.7 Å². The Labute approximate surface area is 257 Å². The topological polar surface area (TPSA) is 66.8 Å². The van der Waals surface area contributed by atoms with Gasteiger partial charge in [-0.25, -0.2) is 0 Å². The molecule has 41 heavy (non-hydrogen) atoms. The summed E-state index contributed by atoms with van der Waals surface area (Å²) in [4.78, 5) is 14.0. The SMILES string of the molecule is CCCCCCCCCCCCCC(CCCCCC)C(CCCCCC)(CCCCCC)C(=O)OCC(O)CO. The third-order valence-electron chi connectivity index (χ3n) is 9.32. The molecule has 2 atom stereocenters. The predicted molar refractivity (Wildman–Crippen MR) is 177 cm³/mol. The Hall–Kier alpha value is -0.610. The molecule has 0 saturated carbocycles. The highest BCUT2D eigenvalue weighted by molar-refractivity contribution is 5.77. The minimum atomic E-state index is -0.994. The molecule has 0 heterocycles. The van der Waals surface area contributed by atoms with E-state index in [1.807, 2.05) is 0 Å². The van der Waals surface area contributed by atoms with Gasteiger partial charge in [0.2, 0.25) is 0 Å². The van der Waals surface area contributed by atoms with Crippen molar-refractivity contribution in [1.29, 1.82) is 0 Å². The lowest BCUT2D eigenvalue weighted by atomic mass is 9.65. The number of hydrogen-bond acceptors (Lipinski definition) is 4. The summed E-state index contributed by atoms with van der Waals surface area (Å²) in [6.07, 6.45) is 32.0. The van der Waals surface area contributed by atoms with Crippen molar-refractivity contribution in [1.82, 2.24) is 0 Å².